The predicted molar refractivity (Wildman–Crippen MR) is 125 cm³/mol. The molecular formula is C23H25F3N8O3. The first-order valence-electron chi connectivity index (χ1n) is 11.7. The zero-order chi connectivity index (χ0) is 26.4. The molecular weight excluding hydrogens is 493 g/mol. The number of carbonyl (C=O) groups excluding carboxylic acids is 1. The normalized spacial score (nSPS) is 12.4. The summed E-state index contributed by atoms with van der Waals surface area (Å²) in [5.41, 5.74) is 1.86. The molecule has 0 unspecified atom stereocenters. The van der Waals surface area contributed by atoms with Gasteiger partial charge < -0.3 is 9.51 Å². The number of nitrogens with zero attached hydrogens (tertiary/aromatic N) is 5. The lowest BCUT2D eigenvalue weighted by molar-refractivity contribution is -0.144. The molecule has 0 aliphatic carbocycles. The van der Waals surface area contributed by atoms with Crippen molar-refractivity contribution in [3.63, 3.8) is 0 Å². The number of aryl methyl sites for hydroxylation is 2. The second-order valence-corrected chi connectivity index (χ2v) is 8.33. The highest BCUT2D eigenvalue weighted by Gasteiger charge is 2.35. The molecule has 0 aliphatic rings. The summed E-state index contributed by atoms with van der Waals surface area (Å²) >= 11 is 0. The van der Waals surface area contributed by atoms with Crippen molar-refractivity contribution in [1.29, 1.82) is 0 Å². The number of halogens is 3. The summed E-state index contributed by atoms with van der Waals surface area (Å²) in [6.07, 6.45) is -1.88. The van der Waals surface area contributed by atoms with Crippen molar-refractivity contribution < 1.29 is 22.5 Å². The molecule has 1 amide bonds. The smallest absolute Gasteiger partial charge is 0.339 e. The van der Waals surface area contributed by atoms with E-state index in [-0.39, 0.29) is 42.1 Å². The van der Waals surface area contributed by atoms with Crippen LogP contribution in [0.2, 0.25) is 0 Å². The molecule has 37 heavy (non-hydrogen) atoms. The fourth-order valence-corrected chi connectivity index (χ4v) is 3.64. The minimum atomic E-state index is -4.76. The first kappa shape index (κ1) is 25.9. The van der Waals surface area contributed by atoms with Crippen molar-refractivity contribution in [2.24, 2.45) is 5.10 Å². The van der Waals surface area contributed by atoms with Gasteiger partial charge in [0.15, 0.2) is 11.5 Å². The van der Waals surface area contributed by atoms with E-state index in [1.165, 1.54) is 4.57 Å². The van der Waals surface area contributed by atoms with Crippen LogP contribution in [0.4, 0.5) is 13.2 Å². The summed E-state index contributed by atoms with van der Waals surface area (Å²) in [7, 11) is 0. The lowest BCUT2D eigenvalue weighted by atomic mass is 10.1. The molecule has 3 N–H and O–H groups in total. The molecule has 4 aromatic rings. The molecule has 0 radical (unpaired) electrons. The molecule has 0 fully saturated rings. The zero-order valence-electron chi connectivity index (χ0n) is 19.9. The molecule has 3 aromatic heterocycles. The van der Waals surface area contributed by atoms with Gasteiger partial charge in [0.25, 0.3) is 5.56 Å². The van der Waals surface area contributed by atoms with Gasteiger partial charge >= 0.3 is 6.18 Å². The molecule has 4 rings (SSSR count). The second-order valence-electron chi connectivity index (χ2n) is 8.33. The second kappa shape index (κ2) is 11.2. The van der Waals surface area contributed by atoms with E-state index < -0.39 is 23.5 Å². The highest BCUT2D eigenvalue weighted by molar-refractivity contribution is 5.75. The number of benzene rings is 1. The number of fused-ring (bicyclic) bond motifs is 1. The molecule has 0 spiro atoms. The van der Waals surface area contributed by atoms with Gasteiger partial charge in [0.2, 0.25) is 23.2 Å². The Balaban J connectivity index is 1.48. The maximum atomic E-state index is 13.2. The minimum Gasteiger partial charge on any atom is -0.339 e. The third kappa shape index (κ3) is 6.51. The number of aromatic nitrogens is 6. The zero-order valence-corrected chi connectivity index (χ0v) is 19.9. The lowest BCUT2D eigenvalue weighted by Gasteiger charge is -2.08. The minimum absolute atomic E-state index is 0.0423. The van der Waals surface area contributed by atoms with Crippen molar-refractivity contribution in [2.75, 3.05) is 0 Å². The Labute approximate surface area is 207 Å². The monoisotopic (exact) mass is 518 g/mol. The third-order valence-electron chi connectivity index (χ3n) is 5.47. The van der Waals surface area contributed by atoms with Crippen LogP contribution in [0.15, 0.2) is 44.8 Å². The molecule has 14 heteroatoms. The highest BCUT2D eigenvalue weighted by atomic mass is 19.4. The quantitative estimate of drug-likeness (QED) is 0.217. The SMILES string of the molecule is CCCCCn1/c(=N/NC(=O)CCc2nc(Cc3ccccc3)no2)[nH]c(=O)c2[nH]c(C(F)(F)F)nc21. The van der Waals surface area contributed by atoms with Crippen LogP contribution in [0.1, 0.15) is 55.7 Å². The van der Waals surface area contributed by atoms with Crippen molar-refractivity contribution in [3.05, 3.63) is 69.4 Å². The van der Waals surface area contributed by atoms with E-state index >= 15 is 0 Å². The fourth-order valence-electron chi connectivity index (χ4n) is 3.64. The molecule has 11 nitrogen and oxygen atoms in total. The van der Waals surface area contributed by atoms with Crippen LogP contribution in [-0.4, -0.2) is 35.6 Å². The Hall–Kier alpha value is -4.23. The molecule has 0 atom stereocenters. The van der Waals surface area contributed by atoms with Crippen LogP contribution in [-0.2, 0) is 30.4 Å². The molecule has 1 aromatic carbocycles. The fraction of sp³-hybridized carbons (Fsp3) is 0.391. The maximum Gasteiger partial charge on any atom is 0.449 e. The van der Waals surface area contributed by atoms with E-state index in [0.717, 1.165) is 18.4 Å². The summed E-state index contributed by atoms with van der Waals surface area (Å²) in [5, 5.41) is 7.86. The number of carbonyl (C=O) groups is 1. The summed E-state index contributed by atoms with van der Waals surface area (Å²) in [4.78, 5) is 37.1. The van der Waals surface area contributed by atoms with Crippen LogP contribution in [0.5, 0.6) is 0 Å². The predicted octanol–water partition coefficient (Wildman–Crippen LogP) is 2.80. The Morgan fingerprint density at radius 3 is 2.68 bits per heavy atom. The number of hydrogen-bond acceptors (Lipinski definition) is 7. The standard InChI is InChI=1S/C23H25F3N8O3/c1-2-3-7-12-34-19-18(28-21(29-19)23(24,25)26)20(36)30-22(34)32-31-16(35)10-11-17-27-15(33-37-17)13-14-8-5-4-6-9-14/h4-6,8-9H,2-3,7,10-13H2,1H3,(H,28,29)(H,31,35)(H,30,32,36). The average Bonchev–Trinajstić information content (AvgIpc) is 3.51. The van der Waals surface area contributed by atoms with E-state index in [2.05, 4.69) is 30.6 Å². The van der Waals surface area contributed by atoms with E-state index in [0.29, 0.717) is 18.7 Å². The number of aromatic amines is 2. The van der Waals surface area contributed by atoms with Crippen molar-refractivity contribution in [1.82, 2.24) is 35.1 Å². The van der Waals surface area contributed by atoms with Crippen LogP contribution >= 0.6 is 0 Å². The Kier molecular flexibility index (Phi) is 7.84. The number of imidazole rings is 1. The van der Waals surface area contributed by atoms with Gasteiger partial charge in [-0.3, -0.25) is 19.1 Å². The number of rotatable bonds is 10. The Morgan fingerprint density at radius 2 is 1.95 bits per heavy atom. The number of nitrogens with one attached hydrogen (secondary N) is 3. The van der Waals surface area contributed by atoms with E-state index in [9.17, 15) is 22.8 Å². The van der Waals surface area contributed by atoms with Crippen LogP contribution in [0.25, 0.3) is 11.2 Å². The molecule has 3 heterocycles. The van der Waals surface area contributed by atoms with Gasteiger partial charge in [-0.15, -0.1) is 5.10 Å². The topological polar surface area (TPSA) is 147 Å². The number of alkyl halides is 3. The molecule has 0 saturated carbocycles. The van der Waals surface area contributed by atoms with E-state index in [1.807, 2.05) is 42.2 Å². The first-order valence-corrected chi connectivity index (χ1v) is 11.7. The average molecular weight is 519 g/mol. The Morgan fingerprint density at radius 1 is 1.16 bits per heavy atom. The number of amides is 1. The summed E-state index contributed by atoms with van der Waals surface area (Å²) in [6.45, 7) is 2.22. The maximum absolute atomic E-state index is 13.2. The summed E-state index contributed by atoms with van der Waals surface area (Å²) in [5.74, 6) is -1.03. The van der Waals surface area contributed by atoms with Gasteiger partial charge in [0.1, 0.15) is 5.52 Å². The molecule has 196 valence electrons. The van der Waals surface area contributed by atoms with Gasteiger partial charge in [-0.1, -0.05) is 55.3 Å². The number of H-pyrrole nitrogens is 2. The number of hydrogen-bond donors (Lipinski definition) is 3. The van der Waals surface area contributed by atoms with Crippen LogP contribution < -0.4 is 16.6 Å². The van der Waals surface area contributed by atoms with Crippen LogP contribution in [0.3, 0.4) is 0 Å². The van der Waals surface area contributed by atoms with Gasteiger partial charge in [0.05, 0.1) is 0 Å². The number of unbranched alkanes of at least 4 members (excludes halogenated alkanes) is 2. The highest BCUT2D eigenvalue weighted by Crippen LogP contribution is 2.27. The van der Waals surface area contributed by atoms with Gasteiger partial charge in [-0.2, -0.15) is 18.2 Å². The van der Waals surface area contributed by atoms with Crippen molar-refractivity contribution in [2.45, 2.75) is 58.2 Å². The van der Waals surface area contributed by atoms with Gasteiger partial charge in [-0.25, -0.2) is 10.4 Å². The molecule has 0 saturated heterocycles. The summed E-state index contributed by atoms with van der Waals surface area (Å²) in [6, 6.07) is 9.60. The van der Waals surface area contributed by atoms with Gasteiger partial charge in [0, 0.05) is 25.8 Å². The van der Waals surface area contributed by atoms with Gasteiger partial charge in [-0.05, 0) is 12.0 Å². The van der Waals surface area contributed by atoms with Crippen molar-refractivity contribution in [3.8, 4) is 0 Å². The molecule has 0 aliphatic heterocycles. The molecule has 0 bridgehead atoms. The largest absolute Gasteiger partial charge is 0.449 e. The lowest BCUT2D eigenvalue weighted by Crippen LogP contribution is -2.35. The van der Waals surface area contributed by atoms with Crippen molar-refractivity contribution >= 4 is 17.1 Å². The Bertz CT molecular complexity index is 1480. The van der Waals surface area contributed by atoms with E-state index in [4.69, 9.17) is 4.52 Å². The first-order chi connectivity index (χ1) is 17.7. The van der Waals surface area contributed by atoms with Crippen LogP contribution in [0, 0.1) is 0 Å². The van der Waals surface area contributed by atoms with E-state index in [1.54, 1.807) is 0 Å². The third-order valence-corrected chi connectivity index (χ3v) is 5.47. The summed E-state index contributed by atoms with van der Waals surface area (Å²) < 4.78 is 46.0.